The highest BCUT2D eigenvalue weighted by molar-refractivity contribution is 7.89. The summed E-state index contributed by atoms with van der Waals surface area (Å²) < 4.78 is 25.7. The molecule has 9 heteroatoms. The molecule has 0 spiro atoms. The van der Waals surface area contributed by atoms with Crippen LogP contribution in [-0.2, 0) is 10.0 Å². The lowest BCUT2D eigenvalue weighted by atomic mass is 9.97. The second kappa shape index (κ2) is 4.94. The second-order valence-electron chi connectivity index (χ2n) is 4.12. The van der Waals surface area contributed by atoms with Crippen LogP contribution in [0.1, 0.15) is 12.8 Å². The van der Waals surface area contributed by atoms with E-state index in [-0.39, 0.29) is 16.8 Å². The molecule has 2 rings (SSSR count). The fourth-order valence-electron chi connectivity index (χ4n) is 2.00. The summed E-state index contributed by atoms with van der Waals surface area (Å²) in [6, 6.07) is 0. The maximum atomic E-state index is 12.1. The van der Waals surface area contributed by atoms with Gasteiger partial charge in [-0.1, -0.05) is 5.16 Å². The Bertz CT molecular complexity index is 516. The summed E-state index contributed by atoms with van der Waals surface area (Å²) >= 11 is 0. The number of H-pyrrole nitrogens is 1. The van der Waals surface area contributed by atoms with Crippen molar-refractivity contribution in [2.75, 3.05) is 13.1 Å². The third-order valence-electron chi connectivity index (χ3n) is 3.08. The highest BCUT2D eigenvalue weighted by Gasteiger charge is 2.31. The Morgan fingerprint density at radius 2 is 2.22 bits per heavy atom. The topological polar surface area (TPSA) is 125 Å². The number of nitrogens with two attached hydrogens (primary N) is 1. The van der Waals surface area contributed by atoms with E-state index in [1.807, 2.05) is 0 Å². The van der Waals surface area contributed by atoms with Crippen molar-refractivity contribution in [2.45, 2.75) is 17.9 Å². The van der Waals surface area contributed by atoms with Crippen LogP contribution in [0.15, 0.2) is 22.7 Å². The molecule has 2 heterocycles. The van der Waals surface area contributed by atoms with Crippen LogP contribution in [0.5, 0.6) is 0 Å². The third-order valence-corrected chi connectivity index (χ3v) is 4.90. The summed E-state index contributed by atoms with van der Waals surface area (Å²) in [5, 5.41) is 11.6. The highest BCUT2D eigenvalue weighted by Crippen LogP contribution is 2.22. The number of imidazole rings is 1. The van der Waals surface area contributed by atoms with Gasteiger partial charge in [0.05, 0.1) is 12.5 Å². The first kappa shape index (κ1) is 12.8. The van der Waals surface area contributed by atoms with Gasteiger partial charge >= 0.3 is 0 Å². The van der Waals surface area contributed by atoms with Gasteiger partial charge < -0.3 is 15.9 Å². The zero-order chi connectivity index (χ0) is 13.2. The molecule has 100 valence electrons. The van der Waals surface area contributed by atoms with E-state index in [2.05, 4.69) is 15.1 Å². The van der Waals surface area contributed by atoms with E-state index in [0.717, 1.165) is 0 Å². The molecule has 1 aliphatic rings. The largest absolute Gasteiger partial charge is 0.409 e. The molecule has 1 aliphatic heterocycles. The first-order valence-corrected chi connectivity index (χ1v) is 6.95. The normalized spacial score (nSPS) is 20.1. The van der Waals surface area contributed by atoms with Gasteiger partial charge in [0.2, 0.25) is 0 Å². The van der Waals surface area contributed by atoms with E-state index in [1.165, 1.54) is 16.8 Å². The van der Waals surface area contributed by atoms with Crippen LogP contribution < -0.4 is 5.73 Å². The molecule has 1 saturated heterocycles. The minimum atomic E-state index is -3.50. The molecule has 0 atom stereocenters. The number of piperidine rings is 1. The molecule has 0 radical (unpaired) electrons. The number of aromatic nitrogens is 2. The maximum Gasteiger partial charge on any atom is 0.260 e. The molecule has 8 nitrogen and oxygen atoms in total. The predicted octanol–water partition coefficient (Wildman–Crippen LogP) is -0.443. The fraction of sp³-hybridized carbons (Fsp3) is 0.556. The second-order valence-corrected chi connectivity index (χ2v) is 6.03. The number of aromatic amines is 1. The number of hydrogen-bond donors (Lipinski definition) is 3. The van der Waals surface area contributed by atoms with Crippen LogP contribution in [0.4, 0.5) is 0 Å². The molecule has 18 heavy (non-hydrogen) atoms. The number of amidine groups is 1. The standard InChI is InChI=1S/C9H15N5O3S/c10-9(13-15)7-1-3-14(4-2-7)18(16,17)8-5-11-6-12-8/h5-7,15H,1-4H2,(H2,10,13)(H,11,12). The van der Waals surface area contributed by atoms with Gasteiger partial charge in [-0.15, -0.1) is 0 Å². The van der Waals surface area contributed by atoms with E-state index in [4.69, 9.17) is 10.9 Å². The van der Waals surface area contributed by atoms with E-state index in [9.17, 15) is 8.42 Å². The fourth-order valence-corrected chi connectivity index (χ4v) is 3.36. The minimum absolute atomic E-state index is 0.0665. The van der Waals surface area contributed by atoms with Crippen LogP contribution in [0, 0.1) is 5.92 Å². The zero-order valence-corrected chi connectivity index (χ0v) is 10.5. The van der Waals surface area contributed by atoms with Crippen molar-refractivity contribution in [1.29, 1.82) is 0 Å². The number of nitrogens with zero attached hydrogens (tertiary/aromatic N) is 3. The highest BCUT2D eigenvalue weighted by atomic mass is 32.2. The molecular formula is C9H15N5O3S. The van der Waals surface area contributed by atoms with E-state index < -0.39 is 10.0 Å². The van der Waals surface area contributed by atoms with Gasteiger partial charge in [-0.05, 0) is 12.8 Å². The van der Waals surface area contributed by atoms with Crippen molar-refractivity contribution in [2.24, 2.45) is 16.8 Å². The van der Waals surface area contributed by atoms with Gasteiger partial charge in [0, 0.05) is 19.0 Å². The van der Waals surface area contributed by atoms with Gasteiger partial charge in [0.15, 0.2) is 5.03 Å². The van der Waals surface area contributed by atoms with Gasteiger partial charge in [-0.25, -0.2) is 13.4 Å². The molecule has 1 aromatic rings. The summed E-state index contributed by atoms with van der Waals surface area (Å²) in [5.74, 6) is 0.0943. The van der Waals surface area contributed by atoms with Crippen LogP contribution in [-0.4, -0.2) is 46.8 Å². The van der Waals surface area contributed by atoms with Crippen molar-refractivity contribution in [3.63, 3.8) is 0 Å². The average Bonchev–Trinajstić information content (AvgIpc) is 2.92. The van der Waals surface area contributed by atoms with E-state index >= 15 is 0 Å². The third kappa shape index (κ3) is 2.31. The Kier molecular flexibility index (Phi) is 3.53. The summed E-state index contributed by atoms with van der Waals surface area (Å²) in [4.78, 5) is 6.30. The Hall–Kier alpha value is -1.61. The SMILES string of the molecule is NC(=NO)C1CCN(S(=O)(=O)c2cnc[nH]2)CC1. The van der Waals surface area contributed by atoms with Gasteiger partial charge in [-0.3, -0.25) is 0 Å². The number of rotatable bonds is 3. The molecule has 0 saturated carbocycles. The monoisotopic (exact) mass is 273 g/mol. The van der Waals surface area contributed by atoms with Crippen LogP contribution in [0.3, 0.4) is 0 Å². The summed E-state index contributed by atoms with van der Waals surface area (Å²) in [7, 11) is -3.50. The smallest absolute Gasteiger partial charge is 0.260 e. The quantitative estimate of drug-likeness (QED) is 0.298. The Morgan fingerprint density at radius 3 is 2.72 bits per heavy atom. The maximum absolute atomic E-state index is 12.1. The molecule has 0 aliphatic carbocycles. The average molecular weight is 273 g/mol. The van der Waals surface area contributed by atoms with Gasteiger partial charge in [0.25, 0.3) is 10.0 Å². The van der Waals surface area contributed by atoms with Crippen molar-refractivity contribution >= 4 is 15.9 Å². The lowest BCUT2D eigenvalue weighted by Crippen LogP contribution is -2.41. The first-order chi connectivity index (χ1) is 8.55. The molecule has 1 aromatic heterocycles. The van der Waals surface area contributed by atoms with Crippen LogP contribution >= 0.6 is 0 Å². The number of oxime groups is 1. The van der Waals surface area contributed by atoms with E-state index in [1.54, 1.807) is 0 Å². The van der Waals surface area contributed by atoms with Crippen LogP contribution in [0.2, 0.25) is 0 Å². The summed E-state index contributed by atoms with van der Waals surface area (Å²) in [6.45, 7) is 0.699. The summed E-state index contributed by atoms with van der Waals surface area (Å²) in [6.07, 6.45) is 3.70. The molecule has 0 unspecified atom stereocenters. The molecule has 0 bridgehead atoms. The Balaban J connectivity index is 2.07. The predicted molar refractivity (Wildman–Crippen MR) is 63.5 cm³/mol. The van der Waals surface area contributed by atoms with Crippen molar-refractivity contribution in [3.05, 3.63) is 12.5 Å². The zero-order valence-electron chi connectivity index (χ0n) is 9.65. The Labute approximate surface area is 105 Å². The van der Waals surface area contributed by atoms with Crippen molar-refractivity contribution in [1.82, 2.24) is 14.3 Å². The van der Waals surface area contributed by atoms with Crippen molar-refractivity contribution < 1.29 is 13.6 Å². The van der Waals surface area contributed by atoms with Crippen molar-refractivity contribution in [3.8, 4) is 0 Å². The molecule has 4 N–H and O–H groups in total. The Morgan fingerprint density at radius 1 is 1.56 bits per heavy atom. The first-order valence-electron chi connectivity index (χ1n) is 5.51. The summed E-state index contributed by atoms with van der Waals surface area (Å²) in [5.41, 5.74) is 5.51. The molecular weight excluding hydrogens is 258 g/mol. The molecule has 0 amide bonds. The molecule has 0 aromatic carbocycles. The lowest BCUT2D eigenvalue weighted by Gasteiger charge is -2.29. The van der Waals surface area contributed by atoms with Crippen LogP contribution in [0.25, 0.3) is 0 Å². The van der Waals surface area contributed by atoms with Gasteiger partial charge in [0.1, 0.15) is 5.84 Å². The minimum Gasteiger partial charge on any atom is -0.409 e. The lowest BCUT2D eigenvalue weighted by molar-refractivity contribution is 0.290. The van der Waals surface area contributed by atoms with Gasteiger partial charge in [-0.2, -0.15) is 4.31 Å². The molecule has 1 fully saturated rings. The van der Waals surface area contributed by atoms with E-state index in [0.29, 0.717) is 25.9 Å². The number of hydrogen-bond acceptors (Lipinski definition) is 5. The number of nitrogens with one attached hydrogen (secondary N) is 1. The number of sulfonamides is 1.